The number of aryl methyl sites for hydroxylation is 2. The number of nitrogens with zero attached hydrogens (tertiary/aromatic N) is 3. The fourth-order valence-corrected chi connectivity index (χ4v) is 4.50. The normalized spacial score (nSPS) is 16.2. The molecule has 0 aliphatic rings. The van der Waals surface area contributed by atoms with E-state index in [0.717, 1.165) is 0 Å². The van der Waals surface area contributed by atoms with Crippen LogP contribution in [0, 0.1) is 0 Å². The molecular formula is C25H12ClF34N3. The van der Waals surface area contributed by atoms with Gasteiger partial charge in [0, 0.05) is 25.7 Å². The van der Waals surface area contributed by atoms with Crippen LogP contribution in [0.25, 0.3) is 0 Å². The average Bonchev–Trinajstić information content (AvgIpc) is 3.05. The predicted molar refractivity (Wildman–Crippen MR) is 132 cm³/mol. The van der Waals surface area contributed by atoms with Crippen molar-refractivity contribution in [2.24, 2.45) is 0 Å². The quantitative estimate of drug-likeness (QED) is 0.122. The van der Waals surface area contributed by atoms with E-state index in [9.17, 15) is 149 Å². The maximum atomic E-state index is 14.2. The third-order valence-corrected chi connectivity index (χ3v) is 8.23. The molecule has 0 bridgehead atoms. The van der Waals surface area contributed by atoms with Crippen molar-refractivity contribution >= 4 is 11.6 Å². The first-order valence-corrected chi connectivity index (χ1v) is 15.2. The van der Waals surface area contributed by atoms with Crippen molar-refractivity contribution in [2.45, 2.75) is 134 Å². The van der Waals surface area contributed by atoms with Gasteiger partial charge in [-0.05, 0) is 24.4 Å². The standard InChI is InChI=1S/C25H12ClF34N3/c26-9-62-7(3-1-5-10(27,28)12(31,32)14(35,36)16(39,40)18(43,44)20(47,48)22(51,52)24(55,56)57)61-8(63-9)4-2-6-11(29,30)13(33,34)15(37,38)17(41,42)19(45,46)21(49,50)23(53,54)25(58,59)60/h1-6H2. The smallest absolute Gasteiger partial charge is 0.218 e. The second-order valence-electron chi connectivity index (χ2n) is 12.4. The molecule has 0 amide bonds. The minimum Gasteiger partial charge on any atom is -0.218 e. The van der Waals surface area contributed by atoms with Gasteiger partial charge < -0.3 is 0 Å². The van der Waals surface area contributed by atoms with Crippen LogP contribution in [0.1, 0.15) is 37.3 Å². The molecule has 3 nitrogen and oxygen atoms in total. The highest BCUT2D eigenvalue weighted by molar-refractivity contribution is 6.28. The second kappa shape index (κ2) is 16.1. The van der Waals surface area contributed by atoms with Gasteiger partial charge in [0.25, 0.3) is 0 Å². The van der Waals surface area contributed by atoms with E-state index in [-0.39, 0.29) is 0 Å². The fraction of sp³-hybridized carbons (Fsp3) is 0.880. The molecule has 0 unspecified atom stereocenters. The zero-order valence-corrected chi connectivity index (χ0v) is 29.1. The molecule has 372 valence electrons. The van der Waals surface area contributed by atoms with Gasteiger partial charge in [-0.25, -0.2) is 15.0 Å². The van der Waals surface area contributed by atoms with Crippen LogP contribution in [0.3, 0.4) is 0 Å². The molecule has 1 aromatic heterocycles. The van der Waals surface area contributed by atoms with Gasteiger partial charge in [-0.1, -0.05) is 0 Å². The third-order valence-electron chi connectivity index (χ3n) is 8.06. The average molecular weight is 1040 g/mol. The molecule has 0 aromatic carbocycles. The predicted octanol–water partition coefficient (Wildman–Crippen LogP) is 13.2. The van der Waals surface area contributed by atoms with E-state index in [1.54, 1.807) is 0 Å². The minimum atomic E-state index is -8.95. The highest BCUT2D eigenvalue weighted by Crippen LogP contribution is 2.66. The first-order chi connectivity index (χ1) is 27.1. The lowest BCUT2D eigenvalue weighted by Crippen LogP contribution is -2.74. The molecule has 0 aliphatic heterocycles. The summed E-state index contributed by atoms with van der Waals surface area (Å²) in [6, 6.07) is 0. The molecular weight excluding hydrogens is 1020 g/mol. The SMILES string of the molecule is FC(F)(F)C(F)(F)C(F)(F)C(F)(F)C(F)(F)C(F)(F)C(F)(F)C(F)(F)CCCc1nc(Cl)nc(CCCC(F)(F)C(F)(F)C(F)(F)C(F)(F)C(F)(F)C(F)(F)C(F)(F)C(F)(F)F)n1. The van der Waals surface area contributed by atoms with Crippen molar-refractivity contribution in [2.75, 3.05) is 0 Å². The first-order valence-electron chi connectivity index (χ1n) is 14.9. The van der Waals surface area contributed by atoms with Crippen molar-refractivity contribution in [1.82, 2.24) is 15.0 Å². The van der Waals surface area contributed by atoms with Crippen molar-refractivity contribution < 1.29 is 149 Å². The van der Waals surface area contributed by atoms with Crippen LogP contribution in [0.15, 0.2) is 0 Å². The van der Waals surface area contributed by atoms with E-state index in [4.69, 9.17) is 11.6 Å². The molecule has 0 saturated carbocycles. The molecule has 1 heterocycles. The van der Waals surface area contributed by atoms with Gasteiger partial charge in [0.15, 0.2) is 0 Å². The third kappa shape index (κ3) is 8.61. The molecule has 0 saturated heterocycles. The van der Waals surface area contributed by atoms with Crippen LogP contribution < -0.4 is 0 Å². The largest absolute Gasteiger partial charge is 0.460 e. The van der Waals surface area contributed by atoms with E-state index >= 15 is 0 Å². The summed E-state index contributed by atoms with van der Waals surface area (Å²) < 4.78 is 456. The van der Waals surface area contributed by atoms with Crippen molar-refractivity contribution in [3.63, 3.8) is 0 Å². The Morgan fingerprint density at radius 3 is 0.667 bits per heavy atom. The lowest BCUT2D eigenvalue weighted by molar-refractivity contribution is -0.461. The van der Waals surface area contributed by atoms with E-state index < -0.39 is 151 Å². The van der Waals surface area contributed by atoms with E-state index in [0.29, 0.717) is 0 Å². The Labute approximate surface area is 327 Å². The fourth-order valence-electron chi connectivity index (χ4n) is 4.30. The monoisotopic (exact) mass is 1040 g/mol. The van der Waals surface area contributed by atoms with Gasteiger partial charge in [0.05, 0.1) is 0 Å². The van der Waals surface area contributed by atoms with Crippen LogP contribution in [-0.2, 0) is 12.8 Å². The zero-order valence-electron chi connectivity index (χ0n) is 28.3. The van der Waals surface area contributed by atoms with Crippen molar-refractivity contribution in [3.8, 4) is 0 Å². The first kappa shape index (κ1) is 57.9. The summed E-state index contributed by atoms with van der Waals surface area (Å²) in [7, 11) is 0. The zero-order chi connectivity index (χ0) is 51.1. The van der Waals surface area contributed by atoms with Gasteiger partial charge in [0.2, 0.25) is 5.28 Å². The van der Waals surface area contributed by atoms with Gasteiger partial charge >= 0.3 is 95.3 Å². The van der Waals surface area contributed by atoms with Gasteiger partial charge in [-0.2, -0.15) is 149 Å². The Kier molecular flexibility index (Phi) is 14.8. The van der Waals surface area contributed by atoms with Crippen molar-refractivity contribution in [1.29, 1.82) is 0 Å². The number of aromatic nitrogens is 3. The molecule has 0 radical (unpaired) electrons. The number of hydrogen-bond acceptors (Lipinski definition) is 3. The highest BCUT2D eigenvalue weighted by Gasteiger charge is 2.96. The number of halogens is 35. The highest BCUT2D eigenvalue weighted by atomic mass is 35.5. The van der Waals surface area contributed by atoms with E-state index in [2.05, 4.69) is 15.0 Å². The number of alkyl halides is 34. The molecule has 1 aromatic rings. The summed E-state index contributed by atoms with van der Waals surface area (Å²) in [5.41, 5.74) is 0. The van der Waals surface area contributed by atoms with E-state index in [1.165, 1.54) is 0 Å². The molecule has 0 fully saturated rings. The van der Waals surface area contributed by atoms with Gasteiger partial charge in [-0.15, -0.1) is 0 Å². The second-order valence-corrected chi connectivity index (χ2v) is 12.8. The molecule has 0 atom stereocenters. The molecule has 1 rings (SSSR count). The van der Waals surface area contributed by atoms with Crippen LogP contribution in [-0.4, -0.2) is 110 Å². The Morgan fingerprint density at radius 2 is 0.460 bits per heavy atom. The Morgan fingerprint density at radius 1 is 0.270 bits per heavy atom. The Balaban J connectivity index is 3.33. The maximum Gasteiger partial charge on any atom is 0.460 e. The molecule has 0 N–H and O–H groups in total. The van der Waals surface area contributed by atoms with Crippen LogP contribution in [0.2, 0.25) is 5.28 Å². The molecule has 0 spiro atoms. The molecule has 38 heteroatoms. The van der Waals surface area contributed by atoms with Crippen LogP contribution in [0.5, 0.6) is 0 Å². The summed E-state index contributed by atoms with van der Waals surface area (Å²) in [6.45, 7) is 0. The summed E-state index contributed by atoms with van der Waals surface area (Å²) in [5, 5.41) is -1.38. The van der Waals surface area contributed by atoms with Crippen molar-refractivity contribution in [3.05, 3.63) is 16.9 Å². The molecule has 63 heavy (non-hydrogen) atoms. The van der Waals surface area contributed by atoms with Crippen LogP contribution >= 0.6 is 11.6 Å². The summed E-state index contributed by atoms with van der Waals surface area (Å²) in [6.07, 6.45) is -29.5. The lowest BCUT2D eigenvalue weighted by Gasteiger charge is -2.42. The number of hydrogen-bond donors (Lipinski definition) is 0. The lowest BCUT2D eigenvalue weighted by atomic mass is 9.88. The minimum absolute atomic E-state index is 1.34. The summed E-state index contributed by atoms with van der Waals surface area (Å²) in [5.74, 6) is -120. The van der Waals surface area contributed by atoms with E-state index in [1.807, 2.05) is 0 Å². The van der Waals surface area contributed by atoms with Gasteiger partial charge in [-0.3, -0.25) is 0 Å². The molecule has 0 aliphatic carbocycles. The summed E-state index contributed by atoms with van der Waals surface area (Å²) in [4.78, 5) is 8.83. The van der Waals surface area contributed by atoms with Gasteiger partial charge in [0.1, 0.15) is 11.6 Å². The Bertz CT molecular complexity index is 1640. The van der Waals surface area contributed by atoms with Crippen LogP contribution in [0.4, 0.5) is 149 Å². The Hall–Kier alpha value is -3.08. The maximum absolute atomic E-state index is 14.2. The number of rotatable bonds is 20. The topological polar surface area (TPSA) is 38.7 Å². The summed E-state index contributed by atoms with van der Waals surface area (Å²) >= 11 is 5.26.